The second-order valence-corrected chi connectivity index (χ2v) is 5.83. The number of rotatable bonds is 3. The standard InChI is InChI=1S/C14H17N9O2/c24-10-3-21(11(25)5-23-9-15-6-20-23)1-2-22(4-10)14-12-13(17-7-16-12)18-8-19-14/h6-10,24H,1-5H2,(H,16,17,18,19). The summed E-state index contributed by atoms with van der Waals surface area (Å²) < 4.78 is 1.47. The molecule has 11 nitrogen and oxygen atoms in total. The molecule has 1 fully saturated rings. The van der Waals surface area contributed by atoms with Gasteiger partial charge in [0, 0.05) is 26.2 Å². The quantitative estimate of drug-likeness (QED) is 0.597. The SMILES string of the molecule is O=C(Cn1cncn1)N1CCN(c2ncnc3nc[nH]c23)CC(O)C1. The number of H-pyrrole nitrogens is 1. The summed E-state index contributed by atoms with van der Waals surface area (Å²) in [5, 5.41) is 14.3. The van der Waals surface area contributed by atoms with Crippen molar-refractivity contribution in [1.82, 2.24) is 39.6 Å². The van der Waals surface area contributed by atoms with E-state index in [9.17, 15) is 9.90 Å². The van der Waals surface area contributed by atoms with E-state index >= 15 is 0 Å². The van der Waals surface area contributed by atoms with Crippen LogP contribution in [0, 0.1) is 0 Å². The van der Waals surface area contributed by atoms with Crippen molar-refractivity contribution in [1.29, 1.82) is 0 Å². The smallest absolute Gasteiger partial charge is 0.244 e. The Labute approximate surface area is 142 Å². The summed E-state index contributed by atoms with van der Waals surface area (Å²) in [6.07, 6.45) is 5.20. The molecule has 3 aromatic rings. The van der Waals surface area contributed by atoms with Crippen molar-refractivity contribution in [2.45, 2.75) is 12.6 Å². The maximum Gasteiger partial charge on any atom is 0.244 e. The van der Waals surface area contributed by atoms with Crippen LogP contribution in [0.5, 0.6) is 0 Å². The van der Waals surface area contributed by atoms with Crippen molar-refractivity contribution in [3.63, 3.8) is 0 Å². The van der Waals surface area contributed by atoms with Crippen LogP contribution in [0.1, 0.15) is 0 Å². The van der Waals surface area contributed by atoms with Gasteiger partial charge in [0.1, 0.15) is 31.0 Å². The summed E-state index contributed by atoms with van der Waals surface area (Å²) in [5.41, 5.74) is 1.29. The van der Waals surface area contributed by atoms with Gasteiger partial charge < -0.3 is 19.9 Å². The molecule has 4 rings (SSSR count). The van der Waals surface area contributed by atoms with E-state index in [1.807, 2.05) is 4.90 Å². The molecule has 0 radical (unpaired) electrons. The molecule has 11 heteroatoms. The third-order valence-electron chi connectivity index (χ3n) is 4.12. The van der Waals surface area contributed by atoms with Crippen molar-refractivity contribution in [2.75, 3.05) is 31.1 Å². The van der Waals surface area contributed by atoms with Gasteiger partial charge in [-0.1, -0.05) is 0 Å². The van der Waals surface area contributed by atoms with Crippen molar-refractivity contribution >= 4 is 22.9 Å². The Morgan fingerprint density at radius 1 is 1.24 bits per heavy atom. The van der Waals surface area contributed by atoms with Crippen LogP contribution in [0.2, 0.25) is 0 Å². The molecular weight excluding hydrogens is 326 g/mol. The topological polar surface area (TPSA) is 129 Å². The minimum atomic E-state index is -0.685. The first-order valence-corrected chi connectivity index (χ1v) is 7.88. The molecule has 1 aliphatic rings. The number of aromatic nitrogens is 7. The van der Waals surface area contributed by atoms with Crippen LogP contribution in [0.4, 0.5) is 5.82 Å². The Morgan fingerprint density at radius 3 is 3.00 bits per heavy atom. The fraction of sp³-hybridized carbons (Fsp3) is 0.429. The number of fused-ring (bicyclic) bond motifs is 1. The molecule has 1 atom stereocenters. The summed E-state index contributed by atoms with van der Waals surface area (Å²) in [5.74, 6) is 0.563. The number of hydrogen-bond acceptors (Lipinski definition) is 8. The fourth-order valence-electron chi connectivity index (χ4n) is 2.95. The largest absolute Gasteiger partial charge is 0.389 e. The van der Waals surface area contributed by atoms with Crippen LogP contribution >= 0.6 is 0 Å². The van der Waals surface area contributed by atoms with E-state index < -0.39 is 6.10 Å². The monoisotopic (exact) mass is 343 g/mol. The van der Waals surface area contributed by atoms with Crippen LogP contribution in [-0.2, 0) is 11.3 Å². The maximum atomic E-state index is 12.4. The Balaban J connectivity index is 1.51. The zero-order valence-electron chi connectivity index (χ0n) is 13.4. The minimum Gasteiger partial charge on any atom is -0.389 e. The number of anilines is 1. The molecule has 1 unspecified atom stereocenters. The molecule has 1 saturated heterocycles. The highest BCUT2D eigenvalue weighted by atomic mass is 16.3. The second kappa shape index (κ2) is 6.43. The normalized spacial score (nSPS) is 18.5. The highest BCUT2D eigenvalue weighted by molar-refractivity contribution is 5.82. The summed E-state index contributed by atoms with van der Waals surface area (Å²) >= 11 is 0. The fourth-order valence-corrected chi connectivity index (χ4v) is 2.95. The average molecular weight is 343 g/mol. The first-order chi connectivity index (χ1) is 12.2. The lowest BCUT2D eigenvalue weighted by Gasteiger charge is -2.22. The molecule has 25 heavy (non-hydrogen) atoms. The molecule has 2 N–H and O–H groups in total. The first-order valence-electron chi connectivity index (χ1n) is 7.88. The molecule has 0 aliphatic carbocycles. The molecule has 0 saturated carbocycles. The summed E-state index contributed by atoms with van der Waals surface area (Å²) in [6.45, 7) is 1.76. The average Bonchev–Trinajstić information content (AvgIpc) is 3.24. The number of nitrogens with one attached hydrogen (secondary N) is 1. The molecule has 130 valence electrons. The van der Waals surface area contributed by atoms with Crippen LogP contribution in [-0.4, -0.2) is 82.9 Å². The van der Waals surface area contributed by atoms with Gasteiger partial charge in [0.05, 0.1) is 12.4 Å². The van der Waals surface area contributed by atoms with Gasteiger partial charge in [0.25, 0.3) is 0 Å². The van der Waals surface area contributed by atoms with E-state index in [0.29, 0.717) is 31.1 Å². The van der Waals surface area contributed by atoms with Gasteiger partial charge in [-0.2, -0.15) is 5.10 Å². The zero-order valence-corrected chi connectivity index (χ0v) is 13.4. The first kappa shape index (κ1) is 15.4. The van der Waals surface area contributed by atoms with E-state index in [1.165, 1.54) is 23.7 Å². The van der Waals surface area contributed by atoms with Crippen molar-refractivity contribution in [3.05, 3.63) is 25.3 Å². The van der Waals surface area contributed by atoms with Gasteiger partial charge in [0.15, 0.2) is 11.5 Å². The predicted octanol–water partition coefficient (Wildman–Crippen LogP) is -1.35. The number of nitrogens with zero attached hydrogens (tertiary/aromatic N) is 8. The van der Waals surface area contributed by atoms with E-state index in [4.69, 9.17) is 0 Å². The number of amides is 1. The lowest BCUT2D eigenvalue weighted by Crippen LogP contribution is -2.39. The number of aliphatic hydroxyl groups is 1. The Kier molecular flexibility index (Phi) is 3.98. The number of aliphatic hydroxyl groups excluding tert-OH is 1. The molecule has 1 amide bonds. The van der Waals surface area contributed by atoms with Crippen LogP contribution in [0.3, 0.4) is 0 Å². The van der Waals surface area contributed by atoms with Gasteiger partial charge >= 0.3 is 0 Å². The maximum absolute atomic E-state index is 12.4. The van der Waals surface area contributed by atoms with Crippen LogP contribution in [0.15, 0.2) is 25.3 Å². The lowest BCUT2D eigenvalue weighted by atomic mass is 10.3. The Bertz CT molecular complexity index is 862. The highest BCUT2D eigenvalue weighted by Gasteiger charge is 2.26. The number of β-amino-alcohol motifs (C(OH)–C–C–N with tert-alkyl or cyclic N) is 1. The molecule has 0 spiro atoms. The summed E-state index contributed by atoms with van der Waals surface area (Å²) in [6, 6.07) is 0. The molecule has 0 aromatic carbocycles. The summed E-state index contributed by atoms with van der Waals surface area (Å²) in [7, 11) is 0. The Morgan fingerprint density at radius 2 is 2.16 bits per heavy atom. The van der Waals surface area contributed by atoms with Gasteiger partial charge in [-0.05, 0) is 0 Å². The van der Waals surface area contributed by atoms with Crippen LogP contribution in [0.25, 0.3) is 11.2 Å². The van der Waals surface area contributed by atoms with Crippen LogP contribution < -0.4 is 4.90 Å². The van der Waals surface area contributed by atoms with Gasteiger partial charge in [-0.25, -0.2) is 24.6 Å². The number of hydrogen-bond donors (Lipinski definition) is 2. The van der Waals surface area contributed by atoms with E-state index in [1.54, 1.807) is 11.2 Å². The molecule has 0 bridgehead atoms. The van der Waals surface area contributed by atoms with E-state index in [-0.39, 0.29) is 19.0 Å². The third-order valence-corrected chi connectivity index (χ3v) is 4.12. The van der Waals surface area contributed by atoms with Crippen molar-refractivity contribution in [2.24, 2.45) is 0 Å². The van der Waals surface area contributed by atoms with E-state index in [0.717, 1.165) is 5.52 Å². The number of imidazole rings is 1. The van der Waals surface area contributed by atoms with Gasteiger partial charge in [-0.15, -0.1) is 0 Å². The highest BCUT2D eigenvalue weighted by Crippen LogP contribution is 2.21. The number of aromatic amines is 1. The molecule has 4 heterocycles. The van der Waals surface area contributed by atoms with Gasteiger partial charge in [-0.3, -0.25) is 4.79 Å². The summed E-state index contributed by atoms with van der Waals surface area (Å²) in [4.78, 5) is 35.4. The third kappa shape index (κ3) is 3.13. The molecular formula is C14H17N9O2. The number of carbonyl (C=O) groups is 1. The minimum absolute atomic E-state index is 0.102. The lowest BCUT2D eigenvalue weighted by molar-refractivity contribution is -0.132. The molecule has 1 aliphatic heterocycles. The van der Waals surface area contributed by atoms with Gasteiger partial charge in [0.2, 0.25) is 5.91 Å². The van der Waals surface area contributed by atoms with Crippen molar-refractivity contribution in [3.8, 4) is 0 Å². The number of carbonyl (C=O) groups excluding carboxylic acids is 1. The molecule has 3 aromatic heterocycles. The van der Waals surface area contributed by atoms with E-state index in [2.05, 4.69) is 30.0 Å². The Hall–Kier alpha value is -3.08. The predicted molar refractivity (Wildman–Crippen MR) is 86.5 cm³/mol. The second-order valence-electron chi connectivity index (χ2n) is 5.83. The zero-order chi connectivity index (χ0) is 17.2. The van der Waals surface area contributed by atoms with Crippen molar-refractivity contribution < 1.29 is 9.90 Å².